The third kappa shape index (κ3) is 1.76. The smallest absolute Gasteiger partial charge is 0.0677 e. The molecule has 0 saturated heterocycles. The van der Waals surface area contributed by atoms with E-state index >= 15 is 0 Å². The standard InChI is InChI=1S/C14H4Cl4/c15-11-5-3-7-8-4-6-12(16)14(18)10(8)2-1-9(7)13(11)17/h1-4H. The average molecular weight is 314 g/mol. The molecule has 0 nitrogen and oxygen atoms in total. The molecule has 0 bridgehead atoms. The van der Waals surface area contributed by atoms with E-state index in [0.29, 0.717) is 20.1 Å². The van der Waals surface area contributed by atoms with Crippen LogP contribution >= 0.6 is 46.4 Å². The maximum absolute atomic E-state index is 6.17. The summed E-state index contributed by atoms with van der Waals surface area (Å²) < 4.78 is 0. The van der Waals surface area contributed by atoms with Crippen LogP contribution in [0.15, 0.2) is 24.3 Å². The zero-order chi connectivity index (χ0) is 12.9. The normalized spacial score (nSPS) is 11.3. The third-order valence-corrected chi connectivity index (χ3v) is 4.41. The molecule has 0 saturated carbocycles. The summed E-state index contributed by atoms with van der Waals surface area (Å²) in [5.74, 6) is 0. The summed E-state index contributed by atoms with van der Waals surface area (Å²) >= 11 is 24.2. The average Bonchev–Trinajstić information content (AvgIpc) is 2.38. The molecule has 0 amide bonds. The highest BCUT2D eigenvalue weighted by atomic mass is 35.5. The molecular formula is C14H4Cl4. The van der Waals surface area contributed by atoms with Crippen LogP contribution in [0.5, 0.6) is 0 Å². The van der Waals surface area contributed by atoms with Gasteiger partial charge in [-0.05, 0) is 22.9 Å². The van der Waals surface area contributed by atoms with Crippen LogP contribution in [0.4, 0.5) is 0 Å². The van der Waals surface area contributed by atoms with Crippen molar-refractivity contribution in [3.8, 4) is 0 Å². The third-order valence-electron chi connectivity index (χ3n) is 2.83. The lowest BCUT2D eigenvalue weighted by Gasteiger charge is -2.08. The highest BCUT2D eigenvalue weighted by Gasteiger charge is 2.10. The van der Waals surface area contributed by atoms with Crippen LogP contribution < -0.4 is 0 Å². The molecule has 0 heterocycles. The largest absolute Gasteiger partial charge is 0.0820 e. The first kappa shape index (κ1) is 12.4. The minimum Gasteiger partial charge on any atom is -0.0820 e. The topological polar surface area (TPSA) is 0 Å². The van der Waals surface area contributed by atoms with Crippen LogP contribution in [-0.2, 0) is 0 Å². The minimum absolute atomic E-state index is 0.410. The van der Waals surface area contributed by atoms with Crippen molar-refractivity contribution < 1.29 is 0 Å². The zero-order valence-electron chi connectivity index (χ0n) is 8.82. The van der Waals surface area contributed by atoms with Gasteiger partial charge in [0.25, 0.3) is 0 Å². The second kappa shape index (κ2) is 4.47. The van der Waals surface area contributed by atoms with Crippen LogP contribution in [0.25, 0.3) is 21.5 Å². The Morgan fingerprint density at radius 1 is 0.611 bits per heavy atom. The van der Waals surface area contributed by atoms with Crippen molar-refractivity contribution in [3.05, 3.63) is 56.5 Å². The zero-order valence-corrected chi connectivity index (χ0v) is 11.8. The summed E-state index contributed by atoms with van der Waals surface area (Å²) in [5.41, 5.74) is 0. The Labute approximate surface area is 124 Å². The van der Waals surface area contributed by atoms with E-state index < -0.39 is 0 Å². The molecule has 0 aromatic heterocycles. The Morgan fingerprint density at radius 3 is 1.39 bits per heavy atom. The molecule has 3 aromatic carbocycles. The molecule has 0 unspecified atom stereocenters. The lowest BCUT2D eigenvalue weighted by atomic mass is 10.0. The highest BCUT2D eigenvalue weighted by Crippen LogP contribution is 2.38. The van der Waals surface area contributed by atoms with Gasteiger partial charge < -0.3 is 0 Å². The van der Waals surface area contributed by atoms with Crippen molar-refractivity contribution in [2.75, 3.05) is 0 Å². The Bertz CT molecular complexity index is 711. The predicted octanol–water partition coefficient (Wildman–Crippen LogP) is 6.21. The van der Waals surface area contributed by atoms with Gasteiger partial charge in [0.05, 0.1) is 20.1 Å². The van der Waals surface area contributed by atoms with Gasteiger partial charge in [0, 0.05) is 22.9 Å². The van der Waals surface area contributed by atoms with E-state index in [0.717, 1.165) is 21.5 Å². The lowest BCUT2D eigenvalue weighted by Crippen LogP contribution is -1.82. The first-order valence-electron chi connectivity index (χ1n) is 5.07. The molecule has 0 fully saturated rings. The molecule has 0 atom stereocenters. The van der Waals surface area contributed by atoms with Crippen molar-refractivity contribution >= 4 is 67.9 Å². The van der Waals surface area contributed by atoms with Gasteiger partial charge in [-0.1, -0.05) is 58.5 Å². The summed E-state index contributed by atoms with van der Waals surface area (Å²) in [4.78, 5) is 0. The summed E-state index contributed by atoms with van der Waals surface area (Å²) in [6.07, 6.45) is 0. The molecule has 0 aliphatic heterocycles. The molecule has 0 spiro atoms. The Kier molecular flexibility index (Phi) is 3.07. The van der Waals surface area contributed by atoms with Crippen LogP contribution in [0.1, 0.15) is 0 Å². The molecule has 0 aliphatic carbocycles. The van der Waals surface area contributed by atoms with E-state index in [1.165, 1.54) is 0 Å². The van der Waals surface area contributed by atoms with Crippen molar-refractivity contribution in [2.24, 2.45) is 0 Å². The number of halogens is 4. The molecule has 4 heteroatoms. The van der Waals surface area contributed by atoms with Gasteiger partial charge in [-0.3, -0.25) is 0 Å². The molecule has 88 valence electrons. The van der Waals surface area contributed by atoms with Crippen molar-refractivity contribution in [1.82, 2.24) is 0 Å². The number of fused-ring (bicyclic) bond motifs is 3. The molecule has 18 heavy (non-hydrogen) atoms. The summed E-state index contributed by atoms with van der Waals surface area (Å²) in [5, 5.41) is 5.37. The van der Waals surface area contributed by atoms with Gasteiger partial charge in [0.2, 0.25) is 0 Å². The van der Waals surface area contributed by atoms with E-state index in [9.17, 15) is 0 Å². The fourth-order valence-corrected chi connectivity index (χ4v) is 2.72. The maximum atomic E-state index is 6.17. The van der Waals surface area contributed by atoms with Crippen molar-refractivity contribution in [2.45, 2.75) is 0 Å². The second-order valence-corrected chi connectivity index (χ2v) is 5.33. The Morgan fingerprint density at radius 2 is 1.00 bits per heavy atom. The summed E-state index contributed by atoms with van der Waals surface area (Å²) in [7, 11) is 0. The molecular weight excluding hydrogens is 310 g/mol. The predicted molar refractivity (Wildman–Crippen MR) is 79.2 cm³/mol. The molecule has 2 radical (unpaired) electrons. The number of hydrogen-bond acceptors (Lipinski definition) is 0. The fraction of sp³-hybridized carbons (Fsp3) is 0. The van der Waals surface area contributed by atoms with E-state index in [1.54, 1.807) is 12.1 Å². The monoisotopic (exact) mass is 312 g/mol. The van der Waals surface area contributed by atoms with E-state index in [2.05, 4.69) is 12.1 Å². The van der Waals surface area contributed by atoms with Crippen LogP contribution in [-0.4, -0.2) is 0 Å². The second-order valence-electron chi connectivity index (χ2n) is 3.82. The number of benzene rings is 3. The van der Waals surface area contributed by atoms with Crippen LogP contribution in [0.2, 0.25) is 20.1 Å². The summed E-state index contributed by atoms with van der Waals surface area (Å²) in [6, 6.07) is 13.2. The first-order valence-corrected chi connectivity index (χ1v) is 6.58. The van der Waals surface area contributed by atoms with Gasteiger partial charge in [-0.15, -0.1) is 0 Å². The lowest BCUT2D eigenvalue weighted by molar-refractivity contribution is 1.74. The quantitative estimate of drug-likeness (QED) is 0.433. The number of rotatable bonds is 0. The van der Waals surface area contributed by atoms with Crippen molar-refractivity contribution in [3.63, 3.8) is 0 Å². The minimum atomic E-state index is 0.410. The molecule has 0 N–H and O–H groups in total. The molecule has 3 aromatic rings. The van der Waals surface area contributed by atoms with E-state index in [1.807, 2.05) is 12.1 Å². The van der Waals surface area contributed by atoms with Gasteiger partial charge in [-0.2, -0.15) is 0 Å². The SMILES string of the molecule is Clc1[c]cc2c(ccc3c(Cl)c(Cl)[c]cc32)c1Cl. The highest BCUT2D eigenvalue weighted by molar-refractivity contribution is 6.47. The van der Waals surface area contributed by atoms with Crippen LogP contribution in [0.3, 0.4) is 0 Å². The van der Waals surface area contributed by atoms with Crippen LogP contribution in [0, 0.1) is 12.1 Å². The Hall–Kier alpha value is -0.660. The van der Waals surface area contributed by atoms with Crippen molar-refractivity contribution in [1.29, 1.82) is 0 Å². The first-order chi connectivity index (χ1) is 8.59. The maximum Gasteiger partial charge on any atom is 0.0677 e. The molecule has 0 aliphatic rings. The van der Waals surface area contributed by atoms with E-state index in [-0.39, 0.29) is 0 Å². The fourth-order valence-electron chi connectivity index (χ4n) is 1.96. The van der Waals surface area contributed by atoms with Gasteiger partial charge in [0.15, 0.2) is 0 Å². The summed E-state index contributed by atoms with van der Waals surface area (Å²) in [6.45, 7) is 0. The molecule has 3 rings (SSSR count). The Balaban J connectivity index is 2.56. The van der Waals surface area contributed by atoms with Gasteiger partial charge >= 0.3 is 0 Å². The van der Waals surface area contributed by atoms with Gasteiger partial charge in [0.1, 0.15) is 0 Å². The van der Waals surface area contributed by atoms with E-state index in [4.69, 9.17) is 46.4 Å². The van der Waals surface area contributed by atoms with Gasteiger partial charge in [-0.25, -0.2) is 0 Å². The number of hydrogen-bond donors (Lipinski definition) is 0.